The number of hydrogen-bond donors (Lipinski definition) is 1. The van der Waals surface area contributed by atoms with E-state index < -0.39 is 29.9 Å². The first-order chi connectivity index (χ1) is 11.8. The number of methoxy groups -OCH3 is 1. The molecule has 0 radical (unpaired) electrons. The Morgan fingerprint density at radius 1 is 1.12 bits per heavy atom. The predicted octanol–water partition coefficient (Wildman–Crippen LogP) is 3.10. The summed E-state index contributed by atoms with van der Waals surface area (Å²) in [4.78, 5) is 28.2. The highest BCUT2D eigenvalue weighted by Crippen LogP contribution is 2.33. The van der Waals surface area contributed by atoms with Gasteiger partial charge in [0.05, 0.1) is 12.8 Å². The van der Waals surface area contributed by atoms with Gasteiger partial charge in [-0.25, -0.2) is 0 Å². The number of alkyl halides is 3. The van der Waals surface area contributed by atoms with Crippen LogP contribution in [0.25, 0.3) is 0 Å². The molecule has 0 saturated carbocycles. The standard InChI is InChI=1S/C17H15F3N2O3/c1-25-16(24)13(17(18,19)20)14(22-12-8-5-9-21-10-12)15(23)11-6-3-2-4-7-11/h2-10,13-14,22H,1H3/t13-,14+/m1/s1. The van der Waals surface area contributed by atoms with Crippen LogP contribution < -0.4 is 5.32 Å². The van der Waals surface area contributed by atoms with Gasteiger partial charge in [-0.1, -0.05) is 30.3 Å². The molecule has 0 amide bonds. The third-order valence-electron chi connectivity index (χ3n) is 3.47. The quantitative estimate of drug-likeness (QED) is 0.639. The van der Waals surface area contributed by atoms with Crippen LogP contribution in [0.1, 0.15) is 10.4 Å². The number of carbonyl (C=O) groups excluding carboxylic acids is 2. The molecule has 5 nitrogen and oxygen atoms in total. The minimum Gasteiger partial charge on any atom is -0.468 e. The molecule has 1 aromatic heterocycles. The van der Waals surface area contributed by atoms with Crippen molar-refractivity contribution in [2.24, 2.45) is 5.92 Å². The Hall–Kier alpha value is -2.90. The van der Waals surface area contributed by atoms with E-state index in [2.05, 4.69) is 15.0 Å². The number of ether oxygens (including phenoxy) is 1. The average Bonchev–Trinajstić information content (AvgIpc) is 2.61. The lowest BCUT2D eigenvalue weighted by Crippen LogP contribution is -2.49. The maximum atomic E-state index is 13.5. The smallest absolute Gasteiger partial charge is 0.404 e. The minimum atomic E-state index is -4.97. The van der Waals surface area contributed by atoms with Crippen molar-refractivity contribution in [2.75, 3.05) is 12.4 Å². The summed E-state index contributed by atoms with van der Waals surface area (Å²) in [6.45, 7) is 0. The number of esters is 1. The van der Waals surface area contributed by atoms with Crippen molar-refractivity contribution in [2.45, 2.75) is 12.2 Å². The Balaban J connectivity index is 2.46. The van der Waals surface area contributed by atoms with Gasteiger partial charge in [0, 0.05) is 18.0 Å². The van der Waals surface area contributed by atoms with Crippen molar-refractivity contribution in [1.82, 2.24) is 4.98 Å². The lowest BCUT2D eigenvalue weighted by atomic mass is 9.91. The zero-order valence-corrected chi connectivity index (χ0v) is 13.2. The highest BCUT2D eigenvalue weighted by molar-refractivity contribution is 6.04. The molecular weight excluding hydrogens is 337 g/mol. The van der Waals surface area contributed by atoms with Crippen molar-refractivity contribution in [3.8, 4) is 0 Å². The van der Waals surface area contributed by atoms with Crippen LogP contribution in [0.3, 0.4) is 0 Å². The van der Waals surface area contributed by atoms with E-state index in [0.717, 1.165) is 7.11 Å². The zero-order chi connectivity index (χ0) is 18.4. The zero-order valence-electron chi connectivity index (χ0n) is 13.2. The molecule has 0 spiro atoms. The van der Waals surface area contributed by atoms with Gasteiger partial charge in [0.1, 0.15) is 6.04 Å². The van der Waals surface area contributed by atoms with Crippen LogP contribution in [0.2, 0.25) is 0 Å². The van der Waals surface area contributed by atoms with E-state index in [0.29, 0.717) is 0 Å². The first-order valence-corrected chi connectivity index (χ1v) is 7.25. The summed E-state index contributed by atoms with van der Waals surface area (Å²) >= 11 is 0. The number of carbonyl (C=O) groups is 2. The second-order valence-electron chi connectivity index (χ2n) is 5.14. The number of nitrogens with zero attached hydrogens (tertiary/aromatic N) is 1. The third kappa shape index (κ3) is 4.56. The normalized spacial score (nSPS) is 13.6. The molecular formula is C17H15F3N2O3. The van der Waals surface area contributed by atoms with Crippen LogP contribution in [0.4, 0.5) is 18.9 Å². The Labute approximate surface area is 141 Å². The molecule has 0 unspecified atom stereocenters. The Morgan fingerprint density at radius 3 is 2.32 bits per heavy atom. The van der Waals surface area contributed by atoms with E-state index in [1.54, 1.807) is 6.07 Å². The van der Waals surface area contributed by atoms with Gasteiger partial charge in [0.25, 0.3) is 0 Å². The fourth-order valence-corrected chi connectivity index (χ4v) is 2.30. The monoisotopic (exact) mass is 352 g/mol. The second-order valence-corrected chi connectivity index (χ2v) is 5.14. The Bertz CT molecular complexity index is 721. The molecule has 0 bridgehead atoms. The predicted molar refractivity (Wildman–Crippen MR) is 84.0 cm³/mol. The summed E-state index contributed by atoms with van der Waals surface area (Å²) < 4.78 is 44.7. The minimum absolute atomic E-state index is 0.0436. The molecule has 0 aliphatic carbocycles. The molecule has 2 aromatic rings. The topological polar surface area (TPSA) is 68.3 Å². The molecule has 0 aliphatic heterocycles. The van der Waals surface area contributed by atoms with Crippen LogP contribution in [0.5, 0.6) is 0 Å². The number of nitrogens with one attached hydrogen (secondary N) is 1. The number of hydrogen-bond acceptors (Lipinski definition) is 5. The van der Waals surface area contributed by atoms with E-state index in [-0.39, 0.29) is 11.3 Å². The molecule has 25 heavy (non-hydrogen) atoms. The molecule has 0 saturated heterocycles. The maximum Gasteiger partial charge on any atom is 0.404 e. The molecule has 2 rings (SSSR count). The number of rotatable bonds is 6. The van der Waals surface area contributed by atoms with Gasteiger partial charge in [0.2, 0.25) is 0 Å². The highest BCUT2D eigenvalue weighted by atomic mass is 19.4. The number of benzene rings is 1. The molecule has 8 heteroatoms. The molecule has 1 N–H and O–H groups in total. The van der Waals surface area contributed by atoms with Crippen LogP contribution in [0.15, 0.2) is 54.9 Å². The van der Waals surface area contributed by atoms with Crippen LogP contribution in [0, 0.1) is 5.92 Å². The Morgan fingerprint density at radius 2 is 1.80 bits per heavy atom. The first kappa shape index (κ1) is 18.4. The van der Waals surface area contributed by atoms with Gasteiger partial charge >= 0.3 is 12.1 Å². The fourth-order valence-electron chi connectivity index (χ4n) is 2.30. The summed E-state index contributed by atoms with van der Waals surface area (Å²) in [5.41, 5.74) is 0.219. The highest BCUT2D eigenvalue weighted by Gasteiger charge is 2.53. The van der Waals surface area contributed by atoms with Crippen molar-refractivity contribution in [1.29, 1.82) is 0 Å². The van der Waals surface area contributed by atoms with Crippen LogP contribution in [-0.4, -0.2) is 36.1 Å². The van der Waals surface area contributed by atoms with E-state index in [1.165, 1.54) is 48.8 Å². The van der Waals surface area contributed by atoms with Crippen LogP contribution >= 0.6 is 0 Å². The molecule has 1 heterocycles. The van der Waals surface area contributed by atoms with Gasteiger partial charge in [0.15, 0.2) is 11.7 Å². The molecule has 0 aliphatic rings. The fraction of sp³-hybridized carbons (Fsp3) is 0.235. The van der Waals surface area contributed by atoms with Crippen molar-refractivity contribution in [3.63, 3.8) is 0 Å². The summed E-state index contributed by atoms with van der Waals surface area (Å²) in [6, 6.07) is 8.48. The maximum absolute atomic E-state index is 13.5. The lowest BCUT2D eigenvalue weighted by Gasteiger charge is -2.27. The number of halogens is 3. The van der Waals surface area contributed by atoms with E-state index >= 15 is 0 Å². The summed E-state index contributed by atoms with van der Waals surface area (Å²) in [6.07, 6.45) is -2.28. The van der Waals surface area contributed by atoms with Gasteiger partial charge in [-0.2, -0.15) is 13.2 Å². The SMILES string of the molecule is COC(=O)[C@@H]([C@H](Nc1cccnc1)C(=O)c1ccccc1)C(F)(F)F. The number of aromatic nitrogens is 1. The molecule has 1 aromatic carbocycles. The number of anilines is 1. The van der Waals surface area contributed by atoms with E-state index in [4.69, 9.17) is 0 Å². The summed E-state index contributed by atoms with van der Waals surface area (Å²) in [5.74, 6) is -5.08. The van der Waals surface area contributed by atoms with Crippen molar-refractivity contribution < 1.29 is 27.5 Å². The molecule has 2 atom stereocenters. The van der Waals surface area contributed by atoms with Gasteiger partial charge in [-0.15, -0.1) is 0 Å². The average molecular weight is 352 g/mol. The lowest BCUT2D eigenvalue weighted by molar-refractivity contribution is -0.196. The van der Waals surface area contributed by atoms with Crippen molar-refractivity contribution in [3.05, 3.63) is 60.4 Å². The largest absolute Gasteiger partial charge is 0.468 e. The Kier molecular flexibility index (Phi) is 5.74. The van der Waals surface area contributed by atoms with E-state index in [9.17, 15) is 22.8 Å². The van der Waals surface area contributed by atoms with E-state index in [1.807, 2.05) is 0 Å². The van der Waals surface area contributed by atoms with Gasteiger partial charge in [-0.05, 0) is 12.1 Å². The number of Topliss-reactive ketones (excluding diaryl/α,β-unsaturated/α-hetero) is 1. The van der Waals surface area contributed by atoms with Crippen LogP contribution in [-0.2, 0) is 9.53 Å². The molecule has 0 fully saturated rings. The van der Waals surface area contributed by atoms with Gasteiger partial charge < -0.3 is 10.1 Å². The molecule has 132 valence electrons. The second kappa shape index (κ2) is 7.78. The van der Waals surface area contributed by atoms with Gasteiger partial charge in [-0.3, -0.25) is 14.6 Å². The van der Waals surface area contributed by atoms with Crippen molar-refractivity contribution >= 4 is 17.4 Å². The number of pyridine rings is 1. The summed E-state index contributed by atoms with van der Waals surface area (Å²) in [5, 5.41) is 2.47. The number of ketones is 1. The first-order valence-electron chi connectivity index (χ1n) is 7.25. The third-order valence-corrected chi connectivity index (χ3v) is 3.47. The summed E-state index contributed by atoms with van der Waals surface area (Å²) in [7, 11) is 0.842.